The van der Waals surface area contributed by atoms with E-state index >= 15 is 0 Å². The lowest BCUT2D eigenvalue weighted by Gasteiger charge is -2.38. The van der Waals surface area contributed by atoms with Gasteiger partial charge in [0, 0.05) is 32.2 Å². The first kappa shape index (κ1) is 25.7. The van der Waals surface area contributed by atoms with Gasteiger partial charge in [0.15, 0.2) is 0 Å². The predicted octanol–water partition coefficient (Wildman–Crippen LogP) is 2.14. The zero-order valence-corrected chi connectivity index (χ0v) is 19.2. The van der Waals surface area contributed by atoms with Crippen LogP contribution in [0.2, 0.25) is 0 Å². The summed E-state index contributed by atoms with van der Waals surface area (Å²) < 4.78 is 31.7. The van der Waals surface area contributed by atoms with Gasteiger partial charge in [-0.25, -0.2) is 4.79 Å². The number of piperidine rings is 1. The smallest absolute Gasteiger partial charge is 0.480 e. The molecule has 0 radical (unpaired) electrons. The Morgan fingerprint density at radius 3 is 2.06 bits per heavy atom. The number of halogens is 3. The molecule has 0 aromatic carbocycles. The Balaban J connectivity index is 0.000000383. The molecule has 2 N–H and O–H groups in total. The highest BCUT2D eigenvalue weighted by Crippen LogP contribution is 2.57. The van der Waals surface area contributed by atoms with Gasteiger partial charge in [-0.05, 0) is 70.5 Å². The lowest BCUT2D eigenvalue weighted by atomic mass is 9.72. The predicted molar refractivity (Wildman–Crippen MR) is 112 cm³/mol. The summed E-state index contributed by atoms with van der Waals surface area (Å²) in [4.78, 5) is 41.1. The molecule has 2 heterocycles. The molecule has 8 nitrogen and oxygen atoms in total. The van der Waals surface area contributed by atoms with Crippen LogP contribution in [0.15, 0.2) is 0 Å². The van der Waals surface area contributed by atoms with E-state index in [1.54, 1.807) is 0 Å². The number of carbonyl (C=O) groups is 3. The van der Waals surface area contributed by atoms with Gasteiger partial charge in [0.25, 0.3) is 0 Å². The molecule has 4 rings (SSSR count). The van der Waals surface area contributed by atoms with E-state index in [9.17, 15) is 27.9 Å². The highest BCUT2D eigenvalue weighted by Gasteiger charge is 2.62. The van der Waals surface area contributed by atoms with Crippen LogP contribution in [-0.4, -0.2) is 101 Å². The van der Waals surface area contributed by atoms with Crippen molar-refractivity contribution in [1.29, 1.82) is 0 Å². The molecule has 4 unspecified atom stereocenters. The number of carboxylic acid groups (broad SMARTS) is 2. The number of hydrogen-bond donors (Lipinski definition) is 2. The first-order valence-electron chi connectivity index (χ1n) is 11.6. The van der Waals surface area contributed by atoms with Crippen molar-refractivity contribution >= 4 is 17.8 Å². The molecule has 0 aromatic rings. The van der Waals surface area contributed by atoms with E-state index in [1.165, 1.54) is 12.8 Å². The van der Waals surface area contributed by atoms with Crippen LogP contribution in [-0.2, 0) is 14.4 Å². The maximum atomic E-state index is 13.3. The van der Waals surface area contributed by atoms with Gasteiger partial charge in [-0.3, -0.25) is 14.5 Å². The second-order valence-corrected chi connectivity index (χ2v) is 10.0. The fourth-order valence-corrected chi connectivity index (χ4v) is 6.20. The van der Waals surface area contributed by atoms with Gasteiger partial charge < -0.3 is 20.0 Å². The van der Waals surface area contributed by atoms with Crippen LogP contribution in [0.3, 0.4) is 0 Å². The lowest BCUT2D eigenvalue weighted by molar-refractivity contribution is -0.192. The maximum absolute atomic E-state index is 13.3. The fraction of sp³-hybridized carbons (Fsp3) is 0.864. The molecule has 0 aromatic heterocycles. The summed E-state index contributed by atoms with van der Waals surface area (Å²) in [5, 5.41) is 17.1. The van der Waals surface area contributed by atoms with E-state index in [0.29, 0.717) is 18.4 Å². The number of alkyl halides is 3. The monoisotopic (exact) mass is 477 g/mol. The summed E-state index contributed by atoms with van der Waals surface area (Å²) in [6.07, 6.45) is 1.78. The number of carboxylic acids is 2. The highest BCUT2D eigenvalue weighted by atomic mass is 19.4. The Bertz CT molecular complexity index is 756. The van der Waals surface area contributed by atoms with Crippen LogP contribution in [0.1, 0.15) is 44.9 Å². The average Bonchev–Trinajstić information content (AvgIpc) is 3.49. The molecular formula is C22H34F3N3O5. The van der Waals surface area contributed by atoms with Crippen LogP contribution >= 0.6 is 0 Å². The van der Waals surface area contributed by atoms with E-state index < -0.39 is 23.5 Å². The minimum absolute atomic E-state index is 0.0475. The van der Waals surface area contributed by atoms with Crippen LogP contribution in [0.25, 0.3) is 0 Å². The number of amides is 1. The molecule has 2 saturated carbocycles. The molecule has 2 saturated heterocycles. The Hall–Kier alpha value is -1.88. The van der Waals surface area contributed by atoms with E-state index in [-0.39, 0.29) is 17.9 Å². The van der Waals surface area contributed by atoms with Gasteiger partial charge in [0.05, 0.1) is 0 Å². The zero-order chi connectivity index (χ0) is 24.6. The minimum atomic E-state index is -5.08. The third kappa shape index (κ3) is 5.29. The Morgan fingerprint density at radius 2 is 1.61 bits per heavy atom. The summed E-state index contributed by atoms with van der Waals surface area (Å²) >= 11 is 0. The van der Waals surface area contributed by atoms with Crippen LogP contribution in [0.4, 0.5) is 13.2 Å². The van der Waals surface area contributed by atoms with Crippen LogP contribution in [0, 0.1) is 17.3 Å². The number of likely N-dealkylation sites (tertiary alicyclic amines) is 2. The Kier molecular flexibility index (Phi) is 7.62. The topological polar surface area (TPSA) is 101 Å². The van der Waals surface area contributed by atoms with Crippen molar-refractivity contribution < 1.29 is 37.8 Å². The quantitative estimate of drug-likeness (QED) is 0.599. The standard InChI is InChI=1S/C20H33N3O3.C2HF3O2/c1-21-8-5-16(6-9-21)23-10-7-17(13-23)22(2)18(24)20(19(25)26)12-14-3-4-15(20)11-14;3-2(4,5)1(6)7/h14-17H,3-13H2,1-2H3,(H,25,26);(H,6,7). The van der Waals surface area contributed by atoms with E-state index in [0.717, 1.165) is 51.9 Å². The number of rotatable bonds is 4. The molecule has 1 amide bonds. The highest BCUT2D eigenvalue weighted by molar-refractivity contribution is 6.03. The largest absolute Gasteiger partial charge is 0.490 e. The van der Waals surface area contributed by atoms with Crippen molar-refractivity contribution in [2.24, 2.45) is 17.3 Å². The molecule has 2 aliphatic heterocycles. The minimum Gasteiger partial charge on any atom is -0.480 e. The molecule has 0 spiro atoms. The van der Waals surface area contributed by atoms with Crippen molar-refractivity contribution in [3.8, 4) is 0 Å². The third-order valence-corrected chi connectivity index (χ3v) is 8.12. The van der Waals surface area contributed by atoms with Gasteiger partial charge in [-0.1, -0.05) is 6.42 Å². The molecular weight excluding hydrogens is 443 g/mol. The molecule has 188 valence electrons. The van der Waals surface area contributed by atoms with Gasteiger partial charge >= 0.3 is 18.1 Å². The van der Waals surface area contributed by atoms with Crippen LogP contribution in [0.5, 0.6) is 0 Å². The van der Waals surface area contributed by atoms with Gasteiger partial charge in [0.2, 0.25) is 5.91 Å². The first-order valence-corrected chi connectivity index (χ1v) is 11.6. The molecule has 2 bridgehead atoms. The first-order chi connectivity index (χ1) is 15.4. The molecule has 4 atom stereocenters. The number of aliphatic carboxylic acids is 2. The fourth-order valence-electron chi connectivity index (χ4n) is 6.20. The second-order valence-electron chi connectivity index (χ2n) is 10.0. The van der Waals surface area contributed by atoms with Crippen molar-refractivity contribution in [3.05, 3.63) is 0 Å². The maximum Gasteiger partial charge on any atom is 0.490 e. The Morgan fingerprint density at radius 1 is 1.00 bits per heavy atom. The van der Waals surface area contributed by atoms with Crippen molar-refractivity contribution in [2.75, 3.05) is 40.3 Å². The average molecular weight is 478 g/mol. The summed E-state index contributed by atoms with van der Waals surface area (Å²) in [7, 11) is 4.03. The lowest BCUT2D eigenvalue weighted by Crippen LogP contribution is -2.54. The second kappa shape index (κ2) is 9.77. The van der Waals surface area contributed by atoms with Crippen molar-refractivity contribution in [2.45, 2.75) is 63.2 Å². The van der Waals surface area contributed by atoms with Crippen molar-refractivity contribution in [3.63, 3.8) is 0 Å². The van der Waals surface area contributed by atoms with Gasteiger partial charge in [-0.15, -0.1) is 0 Å². The van der Waals surface area contributed by atoms with E-state index in [2.05, 4.69) is 16.8 Å². The summed E-state index contributed by atoms with van der Waals surface area (Å²) in [6.45, 7) is 4.22. The molecule has 33 heavy (non-hydrogen) atoms. The van der Waals surface area contributed by atoms with E-state index in [1.807, 2.05) is 11.9 Å². The third-order valence-electron chi connectivity index (χ3n) is 8.12. The SMILES string of the molecule is CN1CCC(N2CCC(N(C)C(=O)C3(C(=O)O)CC4CCC3C4)C2)CC1.O=C(O)C(F)(F)F. The Labute approximate surface area is 191 Å². The zero-order valence-electron chi connectivity index (χ0n) is 19.2. The number of likely N-dealkylation sites (N-methyl/N-ethyl adjacent to an activating group) is 1. The molecule has 4 aliphatic rings. The van der Waals surface area contributed by atoms with Crippen molar-refractivity contribution in [1.82, 2.24) is 14.7 Å². The normalized spacial score (nSPS) is 32.9. The summed E-state index contributed by atoms with van der Waals surface area (Å²) in [6, 6.07) is 0.785. The van der Waals surface area contributed by atoms with Gasteiger partial charge in [0.1, 0.15) is 5.41 Å². The molecule has 4 fully saturated rings. The molecule has 2 aliphatic carbocycles. The van der Waals surface area contributed by atoms with Gasteiger partial charge in [-0.2, -0.15) is 13.2 Å². The number of hydrogen-bond acceptors (Lipinski definition) is 5. The number of fused-ring (bicyclic) bond motifs is 2. The number of nitrogens with zero attached hydrogens (tertiary/aromatic N) is 3. The summed E-state index contributed by atoms with van der Waals surface area (Å²) in [5.74, 6) is -3.27. The summed E-state index contributed by atoms with van der Waals surface area (Å²) in [5.41, 5.74) is -1.14. The molecule has 11 heteroatoms. The van der Waals surface area contributed by atoms with Crippen LogP contribution < -0.4 is 0 Å². The van der Waals surface area contributed by atoms with E-state index in [4.69, 9.17) is 9.90 Å². The number of carbonyl (C=O) groups excluding carboxylic acids is 1.